The topological polar surface area (TPSA) is 47.0 Å². The Labute approximate surface area is 193 Å². The van der Waals surface area contributed by atoms with Crippen LogP contribution in [0.2, 0.25) is 0 Å². The first kappa shape index (κ1) is 24.0. The van der Waals surface area contributed by atoms with Crippen molar-refractivity contribution in [1.29, 1.82) is 0 Å². The number of aromatic hydroxyl groups is 1. The van der Waals surface area contributed by atoms with Crippen LogP contribution in [0.1, 0.15) is 55.2 Å². The number of carbonyl (C=O) groups is 1. The van der Waals surface area contributed by atoms with Gasteiger partial charge in [0.05, 0.1) is 6.04 Å². The van der Waals surface area contributed by atoms with Crippen molar-refractivity contribution in [3.63, 3.8) is 0 Å². The normalized spacial score (nSPS) is 20.8. The van der Waals surface area contributed by atoms with Crippen molar-refractivity contribution >= 4 is 5.91 Å². The molecular formula is C27H37N3O2. The Morgan fingerprint density at radius 2 is 1.88 bits per heavy atom. The molecule has 0 bridgehead atoms. The second-order valence-electron chi connectivity index (χ2n) is 9.23. The summed E-state index contributed by atoms with van der Waals surface area (Å²) < 4.78 is 0. The summed E-state index contributed by atoms with van der Waals surface area (Å²) in [6.45, 7) is 15.1. The maximum Gasteiger partial charge on any atom is 0.254 e. The van der Waals surface area contributed by atoms with E-state index in [-0.39, 0.29) is 29.8 Å². The molecule has 2 aromatic carbocycles. The van der Waals surface area contributed by atoms with E-state index in [2.05, 4.69) is 36.3 Å². The molecule has 172 valence electrons. The first-order chi connectivity index (χ1) is 15.2. The molecule has 0 saturated carbocycles. The number of amides is 1. The summed E-state index contributed by atoms with van der Waals surface area (Å²) in [7, 11) is 1.85. The zero-order valence-corrected chi connectivity index (χ0v) is 20.0. The van der Waals surface area contributed by atoms with Crippen molar-refractivity contribution in [1.82, 2.24) is 14.7 Å². The molecule has 0 aromatic heterocycles. The number of benzene rings is 2. The Hall–Kier alpha value is -2.63. The average molecular weight is 436 g/mol. The molecule has 32 heavy (non-hydrogen) atoms. The van der Waals surface area contributed by atoms with Crippen molar-refractivity contribution in [3.05, 3.63) is 77.9 Å². The standard InChI is InChI=1S/C27H37N3O2/c1-7-15-29-17-21(5)30(18-20(29)4)26(22-11-10-12-23(31)16-22)24-13-8-9-14-25(24)27(32)28(6)19(2)3/h7-14,16,19-21,26,31H,1,15,17-18H2,2-6H3/t20-,21+,26-/m1/s1. The van der Waals surface area contributed by atoms with Crippen LogP contribution in [-0.2, 0) is 0 Å². The van der Waals surface area contributed by atoms with Crippen LogP contribution in [0.3, 0.4) is 0 Å². The van der Waals surface area contributed by atoms with E-state index in [1.54, 1.807) is 11.0 Å². The van der Waals surface area contributed by atoms with Crippen LogP contribution >= 0.6 is 0 Å². The second kappa shape index (κ2) is 10.3. The lowest BCUT2D eigenvalue weighted by molar-refractivity contribution is 0.0302. The van der Waals surface area contributed by atoms with Gasteiger partial charge in [-0.3, -0.25) is 14.6 Å². The number of hydrogen-bond donors (Lipinski definition) is 1. The molecule has 1 aliphatic heterocycles. The Morgan fingerprint density at radius 3 is 2.53 bits per heavy atom. The number of phenolic OH excluding ortho intramolecular Hbond substituents is 1. The minimum Gasteiger partial charge on any atom is -0.508 e. The highest BCUT2D eigenvalue weighted by Gasteiger charge is 2.36. The van der Waals surface area contributed by atoms with Crippen LogP contribution in [0.25, 0.3) is 0 Å². The third kappa shape index (κ3) is 5.05. The molecule has 0 unspecified atom stereocenters. The molecule has 5 nitrogen and oxygen atoms in total. The van der Waals surface area contributed by atoms with Gasteiger partial charge in [0, 0.05) is 50.4 Å². The Bertz CT molecular complexity index is 942. The molecular weight excluding hydrogens is 398 g/mol. The molecule has 3 rings (SSSR count). The van der Waals surface area contributed by atoms with E-state index in [4.69, 9.17) is 0 Å². The summed E-state index contributed by atoms with van der Waals surface area (Å²) in [5, 5.41) is 10.3. The number of hydrogen-bond acceptors (Lipinski definition) is 4. The fourth-order valence-electron chi connectivity index (χ4n) is 4.60. The number of carbonyl (C=O) groups excluding carboxylic acids is 1. The molecule has 0 spiro atoms. The highest BCUT2D eigenvalue weighted by Crippen LogP contribution is 2.36. The van der Waals surface area contributed by atoms with Crippen molar-refractivity contribution in [2.75, 3.05) is 26.7 Å². The van der Waals surface area contributed by atoms with Gasteiger partial charge in [0.1, 0.15) is 5.75 Å². The van der Waals surface area contributed by atoms with Gasteiger partial charge in [0.2, 0.25) is 0 Å². The van der Waals surface area contributed by atoms with E-state index < -0.39 is 0 Å². The smallest absolute Gasteiger partial charge is 0.254 e. The number of piperazine rings is 1. The van der Waals surface area contributed by atoms with Crippen molar-refractivity contribution < 1.29 is 9.90 Å². The fourth-order valence-corrected chi connectivity index (χ4v) is 4.60. The van der Waals surface area contributed by atoms with Crippen LogP contribution in [0.5, 0.6) is 5.75 Å². The Balaban J connectivity index is 2.10. The Kier molecular flexibility index (Phi) is 7.75. The van der Waals surface area contributed by atoms with Crippen LogP contribution in [0.4, 0.5) is 0 Å². The summed E-state index contributed by atoms with van der Waals surface area (Å²) in [5.74, 6) is 0.258. The van der Waals surface area contributed by atoms with Crippen LogP contribution in [0, 0.1) is 0 Å². The van der Waals surface area contributed by atoms with E-state index in [0.717, 1.165) is 30.8 Å². The lowest BCUT2D eigenvalue weighted by Crippen LogP contribution is -2.57. The third-order valence-corrected chi connectivity index (χ3v) is 6.63. The zero-order valence-electron chi connectivity index (χ0n) is 20.0. The van der Waals surface area contributed by atoms with Gasteiger partial charge in [-0.05, 0) is 57.0 Å². The average Bonchev–Trinajstić information content (AvgIpc) is 2.76. The molecule has 1 saturated heterocycles. The van der Waals surface area contributed by atoms with E-state index in [9.17, 15) is 9.90 Å². The largest absolute Gasteiger partial charge is 0.508 e. The number of phenols is 1. The molecule has 3 atom stereocenters. The van der Waals surface area contributed by atoms with Gasteiger partial charge in [-0.15, -0.1) is 6.58 Å². The van der Waals surface area contributed by atoms with E-state index in [0.29, 0.717) is 11.6 Å². The minimum absolute atomic E-state index is 0.0201. The molecule has 1 N–H and O–H groups in total. The summed E-state index contributed by atoms with van der Waals surface area (Å²) >= 11 is 0. The lowest BCUT2D eigenvalue weighted by atomic mass is 9.90. The van der Waals surface area contributed by atoms with Crippen LogP contribution < -0.4 is 0 Å². The van der Waals surface area contributed by atoms with Crippen LogP contribution in [0.15, 0.2) is 61.2 Å². The van der Waals surface area contributed by atoms with Gasteiger partial charge in [-0.2, -0.15) is 0 Å². The van der Waals surface area contributed by atoms with Gasteiger partial charge >= 0.3 is 0 Å². The first-order valence-electron chi connectivity index (χ1n) is 11.5. The second-order valence-corrected chi connectivity index (χ2v) is 9.23. The zero-order chi connectivity index (χ0) is 23.4. The molecule has 0 aliphatic carbocycles. The summed E-state index contributed by atoms with van der Waals surface area (Å²) in [6.07, 6.45) is 1.96. The van der Waals surface area contributed by atoms with Gasteiger partial charge < -0.3 is 10.0 Å². The predicted molar refractivity (Wildman–Crippen MR) is 131 cm³/mol. The fraction of sp³-hybridized carbons (Fsp3) is 0.444. The van der Waals surface area contributed by atoms with E-state index >= 15 is 0 Å². The molecule has 5 heteroatoms. The molecule has 0 radical (unpaired) electrons. The summed E-state index contributed by atoms with van der Waals surface area (Å²) in [6, 6.07) is 16.0. The number of nitrogens with zero attached hydrogens (tertiary/aromatic N) is 3. The highest BCUT2D eigenvalue weighted by atomic mass is 16.3. The highest BCUT2D eigenvalue weighted by molar-refractivity contribution is 5.96. The molecule has 1 aliphatic rings. The Morgan fingerprint density at radius 1 is 1.16 bits per heavy atom. The molecule has 1 fully saturated rings. The van der Waals surface area contributed by atoms with Crippen LogP contribution in [-0.4, -0.2) is 70.5 Å². The van der Waals surface area contributed by atoms with Crippen molar-refractivity contribution in [3.8, 4) is 5.75 Å². The molecule has 2 aromatic rings. The summed E-state index contributed by atoms with van der Waals surface area (Å²) in [4.78, 5) is 20.1. The minimum atomic E-state index is -0.133. The molecule has 1 amide bonds. The van der Waals surface area contributed by atoms with Crippen molar-refractivity contribution in [2.24, 2.45) is 0 Å². The molecule has 1 heterocycles. The number of rotatable bonds is 7. The van der Waals surface area contributed by atoms with Gasteiger partial charge in [-0.1, -0.05) is 36.4 Å². The monoisotopic (exact) mass is 435 g/mol. The lowest BCUT2D eigenvalue weighted by Gasteiger charge is -2.47. The summed E-state index contributed by atoms with van der Waals surface area (Å²) in [5.41, 5.74) is 2.69. The van der Waals surface area contributed by atoms with Gasteiger partial charge in [0.15, 0.2) is 0 Å². The van der Waals surface area contributed by atoms with E-state index in [1.807, 2.05) is 63.4 Å². The maximum atomic E-state index is 13.4. The van der Waals surface area contributed by atoms with Gasteiger partial charge in [0.25, 0.3) is 5.91 Å². The van der Waals surface area contributed by atoms with Gasteiger partial charge in [-0.25, -0.2) is 0 Å². The predicted octanol–water partition coefficient (Wildman–Crippen LogP) is 4.54. The SMILES string of the molecule is C=CCN1C[C@H](C)N([C@H](c2cccc(O)c2)c2ccccc2C(=O)N(C)C(C)C)C[C@H]1C. The van der Waals surface area contributed by atoms with Crippen molar-refractivity contribution in [2.45, 2.75) is 51.9 Å². The third-order valence-electron chi connectivity index (χ3n) is 6.63. The first-order valence-corrected chi connectivity index (χ1v) is 11.5. The van der Waals surface area contributed by atoms with E-state index in [1.165, 1.54) is 0 Å². The quantitative estimate of drug-likeness (QED) is 0.649. The maximum absolute atomic E-state index is 13.4.